The van der Waals surface area contributed by atoms with Gasteiger partial charge in [-0.2, -0.15) is 0 Å². The number of ketones is 3. The highest BCUT2D eigenvalue weighted by molar-refractivity contribution is 6.43. The minimum Gasteiger partial charge on any atom is -0.496 e. The van der Waals surface area contributed by atoms with Crippen LogP contribution in [0.1, 0.15) is 255 Å². The molecule has 1 aromatic heterocycles. The van der Waals surface area contributed by atoms with Gasteiger partial charge in [0.05, 0.1) is 48.3 Å². The number of nitrogens with zero attached hydrogens (tertiary/aromatic N) is 9. The summed E-state index contributed by atoms with van der Waals surface area (Å²) in [6.07, 6.45) is 44.7. The van der Waals surface area contributed by atoms with E-state index in [9.17, 15) is 19.2 Å². The Morgan fingerprint density at radius 3 is 1.19 bits per heavy atom. The number of rotatable bonds is 28. The lowest BCUT2D eigenvalue weighted by Gasteiger charge is -2.43. The molecule has 4 atom stereocenters. The second-order valence-electron chi connectivity index (χ2n) is 40.6. The van der Waals surface area contributed by atoms with E-state index in [1.54, 1.807) is 13.3 Å². The van der Waals surface area contributed by atoms with Gasteiger partial charge >= 0.3 is 0 Å². The van der Waals surface area contributed by atoms with Crippen LogP contribution >= 0.6 is 69.6 Å². The molecule has 0 radical (unpaired) electrons. The Labute approximate surface area is 830 Å². The Kier molecular flexibility index (Phi) is 37.6. The number of amides is 1. The van der Waals surface area contributed by atoms with Crippen LogP contribution in [0.25, 0.3) is 23.1 Å². The first kappa shape index (κ1) is 100. The molecule has 15 nitrogen and oxygen atoms in total. The van der Waals surface area contributed by atoms with E-state index < -0.39 is 0 Å². The molecule has 1 N–H and O–H groups in total. The third-order valence-electron chi connectivity index (χ3n) is 31.3. The van der Waals surface area contributed by atoms with Crippen LogP contribution in [0.2, 0.25) is 30.1 Å². The Morgan fingerprint density at radius 1 is 0.381 bits per heavy atom. The van der Waals surface area contributed by atoms with Gasteiger partial charge in [0.15, 0.2) is 17.3 Å². The largest absolute Gasteiger partial charge is 0.496 e. The van der Waals surface area contributed by atoms with E-state index >= 15 is 0 Å². The molecule has 21 heteroatoms. The maximum absolute atomic E-state index is 12.9. The van der Waals surface area contributed by atoms with Crippen molar-refractivity contribution in [1.82, 2.24) is 49.5 Å². The zero-order valence-corrected chi connectivity index (χ0v) is 83.7. The Hall–Kier alpha value is -6.87. The van der Waals surface area contributed by atoms with Crippen molar-refractivity contribution in [1.29, 1.82) is 0 Å². The number of hydrogen-bond acceptors (Lipinski definition) is 14. The molecule has 718 valence electrons. The minimum atomic E-state index is -0.0554. The van der Waals surface area contributed by atoms with Gasteiger partial charge in [-0.15, -0.1) is 0 Å². The number of nitrogens with one attached hydrogen (secondary N) is 1. The molecular formula is C113H144Cl6N10O5. The number of hydrogen-bond donors (Lipinski definition) is 1. The molecule has 0 bridgehead atoms. The number of benzene rings is 7. The van der Waals surface area contributed by atoms with Crippen molar-refractivity contribution in [2.45, 2.75) is 230 Å². The smallest absolute Gasteiger partial charge is 0.255 e. The Balaban J connectivity index is 0.000000137. The molecule has 3 aliphatic carbocycles. The number of carbonyl (C=O) groups excluding carboxylic acids is 4. The molecule has 134 heavy (non-hydrogen) atoms. The first-order chi connectivity index (χ1) is 65.4. The number of Topliss-reactive ketones (excluding diaryl/α,β-unsaturated/α-hetero) is 3. The number of methoxy groups -OCH3 is 1. The van der Waals surface area contributed by atoms with Crippen molar-refractivity contribution in [2.24, 2.45) is 29.6 Å². The van der Waals surface area contributed by atoms with Crippen LogP contribution in [-0.2, 0) is 32.5 Å². The maximum Gasteiger partial charge on any atom is 0.255 e. The highest BCUT2D eigenvalue weighted by Crippen LogP contribution is 2.37. The first-order valence-electron chi connectivity index (χ1n) is 51.0. The molecule has 8 aromatic rings. The minimum absolute atomic E-state index is 0. The number of allylic oxidation sites excluding steroid dienone is 2. The molecule has 11 aliphatic rings. The van der Waals surface area contributed by atoms with Gasteiger partial charge in [0.1, 0.15) is 5.75 Å². The standard InChI is InChI=1S/2C29H34Cl2N2O.C29H41N3O.C26H33Cl2N3O2.H2/c2*30-27-10-6-22(17-28(27)31)19-32-15-12-26(13-16-32)33-14-2-3-21(20-33)7-11-29(34)25-9-8-23-4-1-5-24(23)18-25;33-29(26-11-12-28-25(20-26)9-4-16-30-28)13-10-24-8-5-17-32(22-24)27-14-18-31(19-15-27)21-23-6-2-1-3-7-23;1-33-25-7-3-2-6-22(25)26(32)29-16-20-5-4-12-31(18-20)21-10-13-30(14-11-21)17-19-8-9-23(27)24(28)15-19;/h2*1,5-6,8-10,17-18,21,26H,2-4,7,11-16,19-20H2;4,9,11-12,16,20,23-24,27H,1-3,5-8,10,13-15,17-19,21-22H2;2-3,6-9,15,20-21H,4-5,10-14,16-18H2,1H3,(H,29,32);1H. The number of ether oxygens (including phenoxy) is 1. The molecule has 7 aromatic carbocycles. The van der Waals surface area contributed by atoms with Crippen molar-refractivity contribution in [3.8, 4) is 5.75 Å². The highest BCUT2D eigenvalue weighted by atomic mass is 35.5. The van der Waals surface area contributed by atoms with Gasteiger partial charge in [-0.05, 0) is 380 Å². The molecule has 8 saturated heterocycles. The number of fused-ring (bicyclic) bond motifs is 3. The summed E-state index contributed by atoms with van der Waals surface area (Å²) in [4.78, 5) is 76.8. The van der Waals surface area contributed by atoms with E-state index in [0.29, 0.717) is 121 Å². The summed E-state index contributed by atoms with van der Waals surface area (Å²) < 4.78 is 5.33. The van der Waals surface area contributed by atoms with E-state index in [1.807, 2.05) is 103 Å². The molecule has 9 fully saturated rings. The topological polar surface area (TPSA) is 128 Å². The Bertz CT molecular complexity index is 5100. The van der Waals surface area contributed by atoms with Crippen LogP contribution < -0.4 is 10.1 Å². The summed E-state index contributed by atoms with van der Waals surface area (Å²) >= 11 is 36.7. The van der Waals surface area contributed by atoms with E-state index in [4.69, 9.17) is 74.3 Å². The molecule has 1 saturated carbocycles. The van der Waals surface area contributed by atoms with E-state index in [2.05, 4.69) is 116 Å². The van der Waals surface area contributed by atoms with Crippen molar-refractivity contribution in [2.75, 3.05) is 125 Å². The van der Waals surface area contributed by atoms with Crippen molar-refractivity contribution >= 4 is 116 Å². The van der Waals surface area contributed by atoms with Crippen LogP contribution in [0.3, 0.4) is 0 Å². The molecule has 1 amide bonds. The van der Waals surface area contributed by atoms with Crippen molar-refractivity contribution < 1.29 is 25.3 Å². The third-order valence-corrected chi connectivity index (χ3v) is 33.5. The quantitative estimate of drug-likeness (QED) is 0.0467. The number of carbonyl (C=O) groups is 4. The number of likely N-dealkylation sites (tertiary alicyclic amines) is 8. The van der Waals surface area contributed by atoms with Gasteiger partial charge in [-0.3, -0.25) is 43.8 Å². The third kappa shape index (κ3) is 28.7. The summed E-state index contributed by atoms with van der Waals surface area (Å²) in [5.74, 6) is 4.86. The molecule has 8 aliphatic heterocycles. The average molecular weight is 1940 g/mol. The fourth-order valence-electron chi connectivity index (χ4n) is 23.5. The fraction of sp³-hybridized carbons (Fsp3) is 0.531. The van der Waals surface area contributed by atoms with Gasteiger partial charge in [0.25, 0.3) is 5.91 Å². The van der Waals surface area contributed by atoms with Gasteiger partial charge in [-0.25, -0.2) is 0 Å². The summed E-state index contributed by atoms with van der Waals surface area (Å²) in [7, 11) is 1.60. The normalized spacial score (nSPS) is 22.0. The zero-order chi connectivity index (χ0) is 92.7. The number of halogens is 6. The highest BCUT2D eigenvalue weighted by Gasteiger charge is 2.36. The molecule has 0 spiro atoms. The number of para-hydroxylation sites is 1. The van der Waals surface area contributed by atoms with Crippen LogP contribution in [0.15, 0.2) is 164 Å². The second kappa shape index (κ2) is 50.3. The number of aromatic nitrogens is 1. The monoisotopic (exact) mass is 1930 g/mol. The molecular weight excluding hydrogens is 1790 g/mol. The van der Waals surface area contributed by atoms with E-state index in [1.165, 1.54) is 220 Å². The summed E-state index contributed by atoms with van der Waals surface area (Å²) in [5, 5.41) is 7.95. The lowest BCUT2D eigenvalue weighted by Crippen LogP contribution is -2.49. The molecule has 9 heterocycles. The number of piperidine rings is 8. The first-order valence-corrected chi connectivity index (χ1v) is 53.3. The summed E-state index contributed by atoms with van der Waals surface area (Å²) in [5.41, 5.74) is 13.0. The van der Waals surface area contributed by atoms with Crippen molar-refractivity contribution in [3.05, 3.63) is 255 Å². The summed E-state index contributed by atoms with van der Waals surface area (Å²) in [6.45, 7) is 23.5. The predicted molar refractivity (Wildman–Crippen MR) is 556 cm³/mol. The second-order valence-corrected chi connectivity index (χ2v) is 43.0. The predicted octanol–water partition coefficient (Wildman–Crippen LogP) is 25.1. The molecule has 4 unspecified atom stereocenters. The SMILES string of the molecule is COc1ccccc1C(=O)NCC1CCCN(C2CCN(Cc3ccc(Cl)c(Cl)c3)CC2)C1.O=C(CCC1CCCN(C2CCN(CC3CCCCC3)CC2)C1)c1ccc2ncccc2c1.O=C(CCC1CCCN(C2CCN(Cc3ccc(Cl)c(Cl)c3)CC2)C1)c1ccc2c(c1)C=CC2.O=C(CCC1CCCN(C2CCN(Cc3ccc(Cl)c(Cl)c3)CC2)C1)c1ccc2c(c1)C=CC2.[HH]. The van der Waals surface area contributed by atoms with E-state index in [-0.39, 0.29) is 13.1 Å². The van der Waals surface area contributed by atoms with Crippen molar-refractivity contribution in [3.63, 3.8) is 0 Å². The van der Waals surface area contributed by atoms with Gasteiger partial charge in [0, 0.05) is 132 Å². The Morgan fingerprint density at radius 2 is 0.769 bits per heavy atom. The van der Waals surface area contributed by atoms with Crippen LogP contribution in [0.4, 0.5) is 0 Å². The van der Waals surface area contributed by atoms with Crippen LogP contribution in [0, 0.1) is 29.6 Å². The van der Waals surface area contributed by atoms with Crippen LogP contribution in [0.5, 0.6) is 5.75 Å². The summed E-state index contributed by atoms with van der Waals surface area (Å²) in [6, 6.07) is 50.4. The number of pyridine rings is 1. The van der Waals surface area contributed by atoms with Gasteiger partial charge < -0.3 is 29.7 Å². The van der Waals surface area contributed by atoms with E-state index in [0.717, 1.165) is 157 Å². The average Bonchev–Trinajstić information content (AvgIpc) is 1.82. The zero-order valence-electron chi connectivity index (χ0n) is 79.1. The van der Waals surface area contributed by atoms with Gasteiger partial charge in [-0.1, -0.05) is 174 Å². The lowest BCUT2D eigenvalue weighted by atomic mass is 9.87. The fourth-order valence-corrected chi connectivity index (χ4v) is 24.5. The molecule has 19 rings (SSSR count). The van der Waals surface area contributed by atoms with Gasteiger partial charge in [0.2, 0.25) is 0 Å². The van der Waals surface area contributed by atoms with Crippen LogP contribution in [-0.4, -0.2) is 217 Å². The maximum atomic E-state index is 12.9. The lowest BCUT2D eigenvalue weighted by molar-refractivity contribution is 0.0610.